The highest BCUT2D eigenvalue weighted by atomic mass is 35.5. The maximum absolute atomic E-state index is 13.8. The molecule has 36 heavy (non-hydrogen) atoms. The molecule has 0 aliphatic heterocycles. The van der Waals surface area contributed by atoms with E-state index in [1.165, 1.54) is 4.90 Å². The van der Waals surface area contributed by atoms with E-state index in [-0.39, 0.29) is 12.5 Å². The van der Waals surface area contributed by atoms with Crippen molar-refractivity contribution in [3.8, 4) is 0 Å². The van der Waals surface area contributed by atoms with E-state index in [4.69, 9.17) is 23.2 Å². The Kier molecular flexibility index (Phi) is 11.1. The van der Waals surface area contributed by atoms with Crippen LogP contribution >= 0.6 is 23.2 Å². The zero-order chi connectivity index (χ0) is 27.0. The van der Waals surface area contributed by atoms with E-state index in [2.05, 4.69) is 5.32 Å². The van der Waals surface area contributed by atoms with Gasteiger partial charge in [-0.3, -0.25) is 13.9 Å². The smallest absolute Gasteiger partial charge is 0.244 e. The van der Waals surface area contributed by atoms with Crippen LogP contribution in [0.1, 0.15) is 49.8 Å². The molecule has 0 saturated heterocycles. The van der Waals surface area contributed by atoms with E-state index in [0.29, 0.717) is 34.3 Å². The van der Waals surface area contributed by atoms with Crippen LogP contribution in [0.3, 0.4) is 0 Å². The van der Waals surface area contributed by atoms with E-state index < -0.39 is 28.5 Å². The minimum atomic E-state index is -3.80. The van der Waals surface area contributed by atoms with Gasteiger partial charge in [0.1, 0.15) is 12.6 Å². The Balaban J connectivity index is 2.48. The second-order valence-electron chi connectivity index (χ2n) is 8.89. The molecule has 10 heteroatoms. The highest BCUT2D eigenvalue weighted by Crippen LogP contribution is 2.26. The summed E-state index contributed by atoms with van der Waals surface area (Å²) < 4.78 is 26.7. The van der Waals surface area contributed by atoms with E-state index in [0.717, 1.165) is 34.5 Å². The first kappa shape index (κ1) is 29.9. The van der Waals surface area contributed by atoms with Crippen molar-refractivity contribution in [1.29, 1.82) is 0 Å². The summed E-state index contributed by atoms with van der Waals surface area (Å²) in [5.74, 6) is -0.799. The van der Waals surface area contributed by atoms with Gasteiger partial charge >= 0.3 is 0 Å². The first-order chi connectivity index (χ1) is 16.9. The van der Waals surface area contributed by atoms with E-state index in [1.807, 2.05) is 32.9 Å². The van der Waals surface area contributed by atoms with Crippen molar-refractivity contribution in [1.82, 2.24) is 10.2 Å². The van der Waals surface area contributed by atoms with Gasteiger partial charge in [-0.15, -0.1) is 0 Å². The predicted octanol–water partition coefficient (Wildman–Crippen LogP) is 5.10. The van der Waals surface area contributed by atoms with Gasteiger partial charge in [-0.2, -0.15) is 0 Å². The quantitative estimate of drug-likeness (QED) is 0.369. The van der Waals surface area contributed by atoms with Gasteiger partial charge in [0.15, 0.2) is 0 Å². The van der Waals surface area contributed by atoms with E-state index >= 15 is 0 Å². The SMILES string of the molecule is CCCCNC(=O)C(CC)N(Cc1ccc(Cl)cc1Cl)C(=O)CN(c1cc(C)ccc1C)S(C)(=O)=O. The minimum absolute atomic E-state index is 0.0267. The molecule has 0 spiro atoms. The van der Waals surface area contributed by atoms with Gasteiger partial charge in [-0.05, 0) is 61.6 Å². The molecule has 1 unspecified atom stereocenters. The molecule has 0 fully saturated rings. The molecule has 2 aromatic rings. The topological polar surface area (TPSA) is 86.8 Å². The van der Waals surface area contributed by atoms with Gasteiger partial charge in [-0.1, -0.05) is 61.7 Å². The first-order valence-electron chi connectivity index (χ1n) is 11.9. The first-order valence-corrected chi connectivity index (χ1v) is 14.6. The number of amides is 2. The molecule has 1 N–H and O–H groups in total. The lowest BCUT2D eigenvalue weighted by molar-refractivity contribution is -0.140. The second-order valence-corrected chi connectivity index (χ2v) is 11.6. The standard InChI is InChI=1S/C26H35Cl2N3O4S/c1-6-8-13-29-26(33)23(7-2)30(16-20-11-12-21(27)15-22(20)28)25(32)17-31(36(5,34)35)24-14-18(3)9-10-19(24)4/h9-12,14-15,23H,6-8,13,16-17H2,1-5H3,(H,29,33). The van der Waals surface area contributed by atoms with Crippen LogP contribution in [0.5, 0.6) is 0 Å². The molecule has 2 rings (SSSR count). The maximum Gasteiger partial charge on any atom is 0.244 e. The Morgan fingerprint density at radius 3 is 2.33 bits per heavy atom. The molecule has 0 aromatic heterocycles. The van der Waals surface area contributed by atoms with Gasteiger partial charge in [0.25, 0.3) is 0 Å². The zero-order valence-corrected chi connectivity index (χ0v) is 23.8. The van der Waals surface area contributed by atoms with E-state index in [9.17, 15) is 18.0 Å². The van der Waals surface area contributed by atoms with Crippen LogP contribution in [0, 0.1) is 13.8 Å². The molecule has 1 atom stereocenters. The molecular weight excluding hydrogens is 521 g/mol. The Morgan fingerprint density at radius 1 is 1.06 bits per heavy atom. The summed E-state index contributed by atoms with van der Waals surface area (Å²) in [6.45, 7) is 7.55. The lowest BCUT2D eigenvalue weighted by Gasteiger charge is -2.33. The van der Waals surface area contributed by atoms with Gasteiger partial charge < -0.3 is 10.2 Å². The summed E-state index contributed by atoms with van der Waals surface area (Å²) in [4.78, 5) is 28.2. The highest BCUT2D eigenvalue weighted by molar-refractivity contribution is 7.92. The van der Waals surface area contributed by atoms with Crippen molar-refractivity contribution < 1.29 is 18.0 Å². The largest absolute Gasteiger partial charge is 0.354 e. The summed E-state index contributed by atoms with van der Waals surface area (Å²) in [6, 6.07) is 9.55. The minimum Gasteiger partial charge on any atom is -0.354 e. The number of benzene rings is 2. The third-order valence-corrected chi connectivity index (χ3v) is 7.60. The van der Waals surface area contributed by atoms with Crippen LogP contribution in [-0.2, 0) is 26.2 Å². The molecule has 2 amide bonds. The van der Waals surface area contributed by atoms with Crippen molar-refractivity contribution in [3.05, 3.63) is 63.1 Å². The molecule has 0 radical (unpaired) electrons. The van der Waals surface area contributed by atoms with Crippen molar-refractivity contribution >= 4 is 50.7 Å². The molecule has 0 aliphatic carbocycles. The van der Waals surface area contributed by atoms with Crippen LogP contribution in [0.15, 0.2) is 36.4 Å². The number of aryl methyl sites for hydroxylation is 2. The number of unbranched alkanes of at least 4 members (excludes halogenated alkanes) is 1. The lowest BCUT2D eigenvalue weighted by atomic mass is 10.1. The summed E-state index contributed by atoms with van der Waals surface area (Å²) >= 11 is 12.4. The number of hydrogen-bond acceptors (Lipinski definition) is 4. The fraction of sp³-hybridized carbons (Fsp3) is 0.462. The number of halogens is 2. The number of sulfonamides is 1. The molecule has 198 valence electrons. The third kappa shape index (κ3) is 8.11. The van der Waals surface area contributed by atoms with Gasteiger partial charge in [0.05, 0.1) is 11.9 Å². The third-order valence-electron chi connectivity index (χ3n) is 5.88. The molecule has 2 aromatic carbocycles. The molecule has 7 nitrogen and oxygen atoms in total. The average molecular weight is 557 g/mol. The Morgan fingerprint density at radius 2 is 1.75 bits per heavy atom. The molecular formula is C26H35Cl2N3O4S. The van der Waals surface area contributed by atoms with Crippen molar-refractivity contribution in [2.45, 2.75) is 59.5 Å². The Labute approximate surface area is 224 Å². The van der Waals surface area contributed by atoms with Crippen molar-refractivity contribution in [3.63, 3.8) is 0 Å². The number of carbonyl (C=O) groups excluding carboxylic acids is 2. The van der Waals surface area contributed by atoms with Crippen LogP contribution in [0.2, 0.25) is 10.0 Å². The molecule has 0 aliphatic rings. The monoisotopic (exact) mass is 555 g/mol. The Bertz CT molecular complexity index is 1190. The number of rotatable bonds is 12. The predicted molar refractivity (Wildman–Crippen MR) is 147 cm³/mol. The summed E-state index contributed by atoms with van der Waals surface area (Å²) in [6.07, 6.45) is 3.14. The fourth-order valence-corrected chi connectivity index (χ4v) is 5.21. The summed E-state index contributed by atoms with van der Waals surface area (Å²) in [5, 5.41) is 3.70. The Hall–Kier alpha value is -2.29. The van der Waals surface area contributed by atoms with Crippen molar-refractivity contribution in [2.24, 2.45) is 0 Å². The van der Waals surface area contributed by atoms with Gasteiger partial charge in [-0.25, -0.2) is 8.42 Å². The van der Waals surface area contributed by atoms with Gasteiger partial charge in [0, 0.05) is 23.1 Å². The number of nitrogens with zero attached hydrogens (tertiary/aromatic N) is 2. The van der Waals surface area contributed by atoms with Crippen LogP contribution in [-0.4, -0.2) is 50.5 Å². The maximum atomic E-state index is 13.8. The number of nitrogens with one attached hydrogen (secondary N) is 1. The van der Waals surface area contributed by atoms with Crippen LogP contribution < -0.4 is 9.62 Å². The number of carbonyl (C=O) groups is 2. The molecule has 0 bridgehead atoms. The van der Waals surface area contributed by atoms with Crippen LogP contribution in [0.4, 0.5) is 5.69 Å². The summed E-state index contributed by atoms with van der Waals surface area (Å²) in [7, 11) is -3.80. The van der Waals surface area contributed by atoms with Gasteiger partial charge in [0.2, 0.25) is 21.8 Å². The molecule has 0 heterocycles. The highest BCUT2D eigenvalue weighted by Gasteiger charge is 2.32. The molecule has 0 saturated carbocycles. The lowest BCUT2D eigenvalue weighted by Crippen LogP contribution is -2.52. The number of anilines is 1. The van der Waals surface area contributed by atoms with Crippen molar-refractivity contribution in [2.75, 3.05) is 23.7 Å². The zero-order valence-electron chi connectivity index (χ0n) is 21.5. The summed E-state index contributed by atoms with van der Waals surface area (Å²) in [5.41, 5.74) is 2.61. The second kappa shape index (κ2) is 13.3. The normalized spacial score (nSPS) is 12.2. The van der Waals surface area contributed by atoms with Crippen LogP contribution in [0.25, 0.3) is 0 Å². The van der Waals surface area contributed by atoms with E-state index in [1.54, 1.807) is 31.2 Å². The fourth-order valence-electron chi connectivity index (χ4n) is 3.84. The number of hydrogen-bond donors (Lipinski definition) is 1. The average Bonchev–Trinajstić information content (AvgIpc) is 2.79.